The third-order valence-electron chi connectivity index (χ3n) is 3.26. The summed E-state index contributed by atoms with van der Waals surface area (Å²) in [5.74, 6) is 0.872. The number of carbonyl (C=O) groups is 1. The van der Waals surface area contributed by atoms with Crippen molar-refractivity contribution >= 4 is 17.5 Å². The Morgan fingerprint density at radius 2 is 1.76 bits per heavy atom. The summed E-state index contributed by atoms with van der Waals surface area (Å²) < 4.78 is 5.01. The molecule has 0 saturated heterocycles. The first-order valence-corrected chi connectivity index (χ1v) is 8.73. The van der Waals surface area contributed by atoms with Gasteiger partial charge in [0.15, 0.2) is 0 Å². The van der Waals surface area contributed by atoms with Crippen molar-refractivity contribution in [1.29, 1.82) is 0 Å². The summed E-state index contributed by atoms with van der Waals surface area (Å²) in [6, 6.07) is 8.13. The molecule has 0 aliphatic heterocycles. The van der Waals surface area contributed by atoms with Gasteiger partial charge in [0.1, 0.15) is 5.75 Å². The predicted octanol–water partition coefficient (Wildman–Crippen LogP) is 5.76. The highest BCUT2D eigenvalue weighted by molar-refractivity contribution is 6.30. The summed E-state index contributed by atoms with van der Waals surface area (Å²) in [5, 5.41) is 3.54. The zero-order valence-corrected chi connectivity index (χ0v) is 16.9. The Morgan fingerprint density at radius 3 is 2.20 bits per heavy atom. The van der Waals surface area contributed by atoms with E-state index < -0.39 is 0 Å². The Balaban J connectivity index is 0.000000496. The van der Waals surface area contributed by atoms with E-state index in [4.69, 9.17) is 16.3 Å². The van der Waals surface area contributed by atoms with Gasteiger partial charge in [-0.05, 0) is 51.0 Å². The van der Waals surface area contributed by atoms with Gasteiger partial charge in [-0.1, -0.05) is 48.4 Å². The van der Waals surface area contributed by atoms with Crippen molar-refractivity contribution in [3.05, 3.63) is 64.4 Å². The molecule has 0 fully saturated rings. The number of aryl methyl sites for hydroxylation is 1. The third-order valence-corrected chi connectivity index (χ3v) is 3.79. The number of halogens is 1. The minimum atomic E-state index is -0.0560. The van der Waals surface area contributed by atoms with Crippen LogP contribution in [0.25, 0.3) is 0 Å². The average Bonchev–Trinajstić information content (AvgIpc) is 2.58. The van der Waals surface area contributed by atoms with E-state index in [2.05, 4.69) is 24.4 Å². The largest absolute Gasteiger partial charge is 0.497 e. The van der Waals surface area contributed by atoms with Crippen LogP contribution >= 0.6 is 11.6 Å². The summed E-state index contributed by atoms with van der Waals surface area (Å²) >= 11 is 5.95. The predicted molar refractivity (Wildman–Crippen MR) is 108 cm³/mol. The van der Waals surface area contributed by atoms with Gasteiger partial charge in [0.2, 0.25) is 5.91 Å². The van der Waals surface area contributed by atoms with Crippen molar-refractivity contribution in [3.63, 3.8) is 0 Å². The van der Waals surface area contributed by atoms with Gasteiger partial charge in [0.05, 0.1) is 7.11 Å². The molecule has 0 aromatic heterocycles. The molecule has 1 N–H and O–H groups in total. The van der Waals surface area contributed by atoms with Gasteiger partial charge in [-0.15, -0.1) is 0 Å². The van der Waals surface area contributed by atoms with E-state index in [1.54, 1.807) is 7.11 Å². The summed E-state index contributed by atoms with van der Waals surface area (Å²) in [7, 11) is 1.68. The van der Waals surface area contributed by atoms with E-state index in [1.165, 1.54) is 12.5 Å². The SMILES string of the molecule is CC(=O)N/C(C)=C/C=CCC(Cl)=C(C)C.CCc1ccc(OC)cc1. The smallest absolute Gasteiger partial charge is 0.220 e. The first kappa shape index (κ1) is 23.0. The van der Waals surface area contributed by atoms with E-state index in [9.17, 15) is 4.79 Å². The van der Waals surface area contributed by atoms with Gasteiger partial charge < -0.3 is 10.1 Å². The van der Waals surface area contributed by atoms with Crippen LogP contribution in [0.1, 0.15) is 46.6 Å². The minimum Gasteiger partial charge on any atom is -0.497 e. The van der Waals surface area contributed by atoms with Crippen LogP contribution in [-0.4, -0.2) is 13.0 Å². The molecule has 138 valence electrons. The molecular weight excluding hydrogens is 334 g/mol. The lowest BCUT2D eigenvalue weighted by molar-refractivity contribution is -0.118. The number of ether oxygens (including phenoxy) is 1. The maximum atomic E-state index is 10.7. The molecule has 25 heavy (non-hydrogen) atoms. The number of hydrogen-bond acceptors (Lipinski definition) is 2. The van der Waals surface area contributed by atoms with Crippen molar-refractivity contribution in [2.45, 2.75) is 47.5 Å². The molecule has 1 aromatic carbocycles. The van der Waals surface area contributed by atoms with Crippen LogP contribution in [0, 0.1) is 0 Å². The van der Waals surface area contributed by atoms with Gasteiger partial charge in [0, 0.05) is 24.1 Å². The van der Waals surface area contributed by atoms with E-state index in [0.717, 1.165) is 34.9 Å². The molecule has 0 spiro atoms. The molecule has 0 unspecified atom stereocenters. The minimum absolute atomic E-state index is 0.0560. The van der Waals surface area contributed by atoms with E-state index >= 15 is 0 Å². The monoisotopic (exact) mass is 363 g/mol. The molecule has 0 saturated carbocycles. The molecule has 3 nitrogen and oxygen atoms in total. The number of benzene rings is 1. The van der Waals surface area contributed by atoms with Crippen molar-refractivity contribution in [2.24, 2.45) is 0 Å². The fourth-order valence-electron chi connectivity index (χ4n) is 1.77. The fraction of sp³-hybridized carbons (Fsp3) is 0.381. The summed E-state index contributed by atoms with van der Waals surface area (Å²) in [4.78, 5) is 10.7. The molecular formula is C21H30ClNO2. The number of rotatable bonds is 6. The van der Waals surface area contributed by atoms with Crippen LogP contribution in [0.15, 0.2) is 58.8 Å². The normalized spacial score (nSPS) is 10.8. The molecule has 0 heterocycles. The zero-order valence-electron chi connectivity index (χ0n) is 16.2. The first-order valence-electron chi connectivity index (χ1n) is 8.35. The number of carbonyl (C=O) groups excluding carboxylic acids is 1. The average molecular weight is 364 g/mol. The second kappa shape index (κ2) is 13.3. The van der Waals surface area contributed by atoms with Crippen molar-refractivity contribution in [2.75, 3.05) is 7.11 Å². The molecule has 1 rings (SSSR count). The number of allylic oxidation sites excluding steroid dienone is 6. The Kier molecular flexibility index (Phi) is 12.2. The number of amides is 1. The highest BCUT2D eigenvalue weighted by atomic mass is 35.5. The topological polar surface area (TPSA) is 38.3 Å². The molecule has 0 aliphatic carbocycles. The highest BCUT2D eigenvalue weighted by Crippen LogP contribution is 2.13. The number of methoxy groups -OCH3 is 1. The van der Waals surface area contributed by atoms with Crippen LogP contribution < -0.4 is 10.1 Å². The lowest BCUT2D eigenvalue weighted by atomic mass is 10.2. The summed E-state index contributed by atoms with van der Waals surface area (Å²) in [6.07, 6.45) is 7.51. The lowest BCUT2D eigenvalue weighted by Crippen LogP contribution is -2.16. The van der Waals surface area contributed by atoms with E-state index in [-0.39, 0.29) is 5.91 Å². The van der Waals surface area contributed by atoms with Crippen LogP contribution in [-0.2, 0) is 11.2 Å². The lowest BCUT2D eigenvalue weighted by Gasteiger charge is -1.99. The molecule has 0 radical (unpaired) electrons. The maximum Gasteiger partial charge on any atom is 0.220 e. The standard InChI is InChI=1S/C12H18ClNO.C9H12O/c1-9(2)12(13)8-6-5-7-10(3)14-11(4)15;1-3-8-4-6-9(10-2)7-5-8/h5-7H,8H2,1-4H3,(H,14,15);4-7H,3H2,1-2H3/b6-5?,10-7+;. The highest BCUT2D eigenvalue weighted by Gasteiger charge is 1.91. The van der Waals surface area contributed by atoms with Crippen LogP contribution in [0.2, 0.25) is 0 Å². The van der Waals surface area contributed by atoms with Crippen LogP contribution in [0.5, 0.6) is 5.75 Å². The van der Waals surface area contributed by atoms with Gasteiger partial charge in [-0.3, -0.25) is 4.79 Å². The summed E-state index contributed by atoms with van der Waals surface area (Å²) in [6.45, 7) is 9.43. The maximum absolute atomic E-state index is 10.7. The second-order valence-electron chi connectivity index (χ2n) is 5.77. The number of hydrogen-bond donors (Lipinski definition) is 1. The van der Waals surface area contributed by atoms with Crippen LogP contribution in [0.4, 0.5) is 0 Å². The summed E-state index contributed by atoms with van der Waals surface area (Å²) in [5.41, 5.74) is 3.30. The van der Waals surface area contributed by atoms with Gasteiger partial charge in [-0.2, -0.15) is 0 Å². The van der Waals surface area contributed by atoms with Crippen molar-refractivity contribution < 1.29 is 9.53 Å². The van der Waals surface area contributed by atoms with Gasteiger partial charge in [0.25, 0.3) is 0 Å². The quantitative estimate of drug-likeness (QED) is 0.652. The van der Waals surface area contributed by atoms with Gasteiger partial charge >= 0.3 is 0 Å². The zero-order chi connectivity index (χ0) is 19.2. The first-order chi connectivity index (χ1) is 11.8. The molecule has 4 heteroatoms. The molecule has 1 amide bonds. The van der Waals surface area contributed by atoms with Crippen molar-refractivity contribution in [3.8, 4) is 5.75 Å². The Bertz CT molecular complexity index is 586. The Hall–Kier alpha value is -2.00. The van der Waals surface area contributed by atoms with Crippen LogP contribution in [0.3, 0.4) is 0 Å². The van der Waals surface area contributed by atoms with E-state index in [1.807, 2.05) is 51.1 Å². The van der Waals surface area contributed by atoms with Crippen molar-refractivity contribution in [1.82, 2.24) is 5.32 Å². The molecule has 0 bridgehead atoms. The molecule has 0 atom stereocenters. The Labute approximate surface area is 157 Å². The van der Waals surface area contributed by atoms with Gasteiger partial charge in [-0.25, -0.2) is 0 Å². The third kappa shape index (κ3) is 12.1. The Morgan fingerprint density at radius 1 is 1.16 bits per heavy atom. The van der Waals surface area contributed by atoms with E-state index in [0.29, 0.717) is 0 Å². The second-order valence-corrected chi connectivity index (χ2v) is 6.23. The molecule has 1 aromatic rings. The molecule has 0 aliphatic rings. The fourth-order valence-corrected chi connectivity index (χ4v) is 1.86. The number of nitrogens with one attached hydrogen (secondary N) is 1.